The van der Waals surface area contributed by atoms with Crippen molar-refractivity contribution < 1.29 is 0 Å². The molecule has 0 aliphatic heterocycles. The first-order valence-corrected chi connectivity index (χ1v) is 7.20. The van der Waals surface area contributed by atoms with Gasteiger partial charge in [-0.25, -0.2) is 4.98 Å². The average Bonchev–Trinajstić information content (AvgIpc) is 2.87. The van der Waals surface area contributed by atoms with Crippen molar-refractivity contribution in [1.29, 1.82) is 0 Å². The maximum Gasteiger partial charge on any atom is 0.0946 e. The summed E-state index contributed by atoms with van der Waals surface area (Å²) in [7, 11) is 0. The Hall–Kier alpha value is -1.61. The van der Waals surface area contributed by atoms with Gasteiger partial charge in [0.1, 0.15) is 0 Å². The van der Waals surface area contributed by atoms with Crippen LogP contribution in [0.4, 0.5) is 0 Å². The van der Waals surface area contributed by atoms with Crippen molar-refractivity contribution in [2.24, 2.45) is 5.41 Å². The molecule has 1 unspecified atom stereocenters. The van der Waals surface area contributed by atoms with Crippen molar-refractivity contribution in [3.8, 4) is 0 Å². The average molecular weight is 271 g/mol. The lowest BCUT2D eigenvalue weighted by atomic mass is 9.86. The molecule has 108 valence electrons. The molecule has 0 aliphatic carbocycles. The Bertz CT molecular complexity index is 523. The van der Waals surface area contributed by atoms with Gasteiger partial charge in [0.15, 0.2) is 0 Å². The third-order valence-corrected chi connectivity index (χ3v) is 3.80. The fourth-order valence-corrected chi connectivity index (χ4v) is 2.29. The molecule has 0 saturated heterocycles. The number of aromatic nitrogens is 2. The molecular formula is C17H25N3. The molecule has 0 amide bonds. The molecule has 0 radical (unpaired) electrons. The van der Waals surface area contributed by atoms with Gasteiger partial charge in [0, 0.05) is 31.5 Å². The maximum absolute atomic E-state index is 4.12. The Labute approximate surface area is 122 Å². The van der Waals surface area contributed by atoms with Gasteiger partial charge in [-0.1, -0.05) is 45.0 Å². The summed E-state index contributed by atoms with van der Waals surface area (Å²) in [6, 6.07) is 8.95. The van der Waals surface area contributed by atoms with Crippen LogP contribution in [0.15, 0.2) is 43.0 Å². The monoisotopic (exact) mass is 271 g/mol. The second-order valence-electron chi connectivity index (χ2n) is 6.49. The summed E-state index contributed by atoms with van der Waals surface area (Å²) in [5.74, 6) is 0. The highest BCUT2D eigenvalue weighted by atomic mass is 15.1. The topological polar surface area (TPSA) is 29.9 Å². The Balaban J connectivity index is 2.03. The summed E-state index contributed by atoms with van der Waals surface area (Å²) >= 11 is 0. The van der Waals surface area contributed by atoms with Crippen molar-refractivity contribution in [3.63, 3.8) is 0 Å². The molecule has 0 saturated carbocycles. The van der Waals surface area contributed by atoms with Gasteiger partial charge in [-0.3, -0.25) is 0 Å². The lowest BCUT2D eigenvalue weighted by Gasteiger charge is -2.32. The Morgan fingerprint density at radius 1 is 1.25 bits per heavy atom. The highest BCUT2D eigenvalue weighted by molar-refractivity contribution is 5.25. The molecule has 20 heavy (non-hydrogen) atoms. The van der Waals surface area contributed by atoms with E-state index in [1.54, 1.807) is 0 Å². The number of nitrogens with zero attached hydrogens (tertiary/aromatic N) is 2. The quantitative estimate of drug-likeness (QED) is 0.903. The molecule has 3 nitrogen and oxygen atoms in total. The normalized spacial score (nSPS) is 13.4. The summed E-state index contributed by atoms with van der Waals surface area (Å²) < 4.78 is 2.14. The summed E-state index contributed by atoms with van der Waals surface area (Å²) in [6.45, 7) is 10.8. The molecule has 0 spiro atoms. The van der Waals surface area contributed by atoms with Crippen LogP contribution in [0, 0.1) is 12.3 Å². The molecule has 2 rings (SSSR count). The van der Waals surface area contributed by atoms with Gasteiger partial charge < -0.3 is 9.88 Å². The number of benzene rings is 1. The van der Waals surface area contributed by atoms with E-state index in [1.807, 2.05) is 18.7 Å². The van der Waals surface area contributed by atoms with Crippen LogP contribution in [0.25, 0.3) is 0 Å². The maximum atomic E-state index is 4.12. The van der Waals surface area contributed by atoms with E-state index in [0.717, 1.165) is 13.1 Å². The molecule has 0 bridgehead atoms. The first-order valence-electron chi connectivity index (χ1n) is 7.20. The van der Waals surface area contributed by atoms with Crippen LogP contribution >= 0.6 is 0 Å². The summed E-state index contributed by atoms with van der Waals surface area (Å²) in [6.07, 6.45) is 5.74. The van der Waals surface area contributed by atoms with Crippen LogP contribution in [-0.2, 0) is 13.1 Å². The van der Waals surface area contributed by atoms with E-state index < -0.39 is 0 Å². The number of nitrogens with one attached hydrogen (secondary N) is 1. The van der Waals surface area contributed by atoms with Gasteiger partial charge in [0.05, 0.1) is 6.33 Å². The van der Waals surface area contributed by atoms with Crippen molar-refractivity contribution >= 4 is 0 Å². The van der Waals surface area contributed by atoms with Crippen molar-refractivity contribution in [3.05, 3.63) is 54.1 Å². The van der Waals surface area contributed by atoms with E-state index in [4.69, 9.17) is 0 Å². The van der Waals surface area contributed by atoms with E-state index >= 15 is 0 Å². The second-order valence-corrected chi connectivity index (χ2v) is 6.49. The van der Waals surface area contributed by atoms with Crippen LogP contribution in [0.3, 0.4) is 0 Å². The van der Waals surface area contributed by atoms with Crippen LogP contribution in [0.2, 0.25) is 0 Å². The minimum atomic E-state index is 0.201. The standard InChI is InChI=1S/C17H25N3/c1-14-7-5-6-8-15(14)11-19-16(17(2,3)4)12-20-10-9-18-13-20/h5-10,13,16,19H,11-12H2,1-4H3. The van der Waals surface area contributed by atoms with E-state index in [9.17, 15) is 0 Å². The third-order valence-electron chi connectivity index (χ3n) is 3.80. The molecule has 0 fully saturated rings. The fraction of sp³-hybridized carbons (Fsp3) is 0.471. The Morgan fingerprint density at radius 3 is 2.60 bits per heavy atom. The molecule has 0 aliphatic rings. The molecule has 1 aromatic carbocycles. The van der Waals surface area contributed by atoms with E-state index in [0.29, 0.717) is 6.04 Å². The number of imidazole rings is 1. The van der Waals surface area contributed by atoms with Crippen LogP contribution in [-0.4, -0.2) is 15.6 Å². The third kappa shape index (κ3) is 3.94. The highest BCUT2D eigenvalue weighted by Gasteiger charge is 2.24. The Kier molecular flexibility index (Phi) is 4.61. The zero-order chi connectivity index (χ0) is 14.6. The van der Waals surface area contributed by atoms with Crippen molar-refractivity contribution in [2.45, 2.75) is 46.8 Å². The minimum absolute atomic E-state index is 0.201. The molecule has 2 aromatic rings. The van der Waals surface area contributed by atoms with E-state index in [1.165, 1.54) is 11.1 Å². The SMILES string of the molecule is Cc1ccccc1CNC(Cn1ccnc1)C(C)(C)C. The van der Waals surface area contributed by atoms with Gasteiger partial charge in [-0.2, -0.15) is 0 Å². The molecule has 3 heteroatoms. The lowest BCUT2D eigenvalue weighted by molar-refractivity contribution is 0.240. The van der Waals surface area contributed by atoms with Gasteiger partial charge in [-0.15, -0.1) is 0 Å². The number of hydrogen-bond donors (Lipinski definition) is 1. The van der Waals surface area contributed by atoms with Gasteiger partial charge >= 0.3 is 0 Å². The molecule has 1 atom stereocenters. The van der Waals surface area contributed by atoms with Crippen LogP contribution in [0.1, 0.15) is 31.9 Å². The summed E-state index contributed by atoms with van der Waals surface area (Å²) in [4.78, 5) is 4.12. The van der Waals surface area contributed by atoms with Gasteiger partial charge in [0.25, 0.3) is 0 Å². The molecule has 1 aromatic heterocycles. The van der Waals surface area contributed by atoms with Crippen LogP contribution in [0.5, 0.6) is 0 Å². The minimum Gasteiger partial charge on any atom is -0.336 e. The summed E-state index contributed by atoms with van der Waals surface area (Å²) in [5.41, 5.74) is 2.91. The van der Waals surface area contributed by atoms with Crippen molar-refractivity contribution in [1.82, 2.24) is 14.9 Å². The number of rotatable bonds is 5. The zero-order valence-electron chi connectivity index (χ0n) is 12.9. The smallest absolute Gasteiger partial charge is 0.0946 e. The predicted molar refractivity (Wildman–Crippen MR) is 83.5 cm³/mol. The van der Waals surface area contributed by atoms with Crippen molar-refractivity contribution in [2.75, 3.05) is 0 Å². The highest BCUT2D eigenvalue weighted by Crippen LogP contribution is 2.21. The first-order chi connectivity index (χ1) is 9.47. The van der Waals surface area contributed by atoms with Crippen LogP contribution < -0.4 is 5.32 Å². The number of hydrogen-bond acceptors (Lipinski definition) is 2. The predicted octanol–water partition coefficient (Wildman–Crippen LogP) is 3.40. The van der Waals surface area contributed by atoms with E-state index in [2.05, 4.69) is 66.8 Å². The first kappa shape index (κ1) is 14.8. The Morgan fingerprint density at radius 2 is 2.00 bits per heavy atom. The van der Waals surface area contributed by atoms with Gasteiger partial charge in [0.2, 0.25) is 0 Å². The zero-order valence-corrected chi connectivity index (χ0v) is 12.9. The molecule has 1 heterocycles. The van der Waals surface area contributed by atoms with Gasteiger partial charge in [-0.05, 0) is 23.5 Å². The van der Waals surface area contributed by atoms with E-state index in [-0.39, 0.29) is 5.41 Å². The number of aryl methyl sites for hydroxylation is 1. The molecular weight excluding hydrogens is 246 g/mol. The molecule has 1 N–H and O–H groups in total. The largest absolute Gasteiger partial charge is 0.336 e. The summed E-state index contributed by atoms with van der Waals surface area (Å²) in [5, 5.41) is 3.71. The lowest BCUT2D eigenvalue weighted by Crippen LogP contribution is -2.43. The fourth-order valence-electron chi connectivity index (χ4n) is 2.29. The second kappa shape index (κ2) is 6.23.